The number of hydrogen-bond acceptors (Lipinski definition) is 4. The number of nitrogens with one attached hydrogen (secondary N) is 1. The first-order chi connectivity index (χ1) is 8.33. The first-order valence-corrected chi connectivity index (χ1v) is 5.37. The summed E-state index contributed by atoms with van der Waals surface area (Å²) in [5.74, 6) is -1.32. The van der Waals surface area contributed by atoms with Crippen LogP contribution in [-0.4, -0.2) is 45.3 Å². The van der Waals surface area contributed by atoms with Crippen molar-refractivity contribution in [2.45, 2.75) is 25.9 Å². The molecule has 0 radical (unpaired) electrons. The van der Waals surface area contributed by atoms with Gasteiger partial charge in [-0.3, -0.25) is 9.89 Å². The number of nitrogens with zero attached hydrogens (tertiary/aromatic N) is 3. The Bertz CT molecular complexity index is 403. The number of amides is 1. The summed E-state index contributed by atoms with van der Waals surface area (Å²) in [5, 5.41) is 5.61. The van der Waals surface area contributed by atoms with Gasteiger partial charge in [0, 0.05) is 6.54 Å². The highest BCUT2D eigenvalue weighted by atomic mass is 19.4. The molecule has 0 aromatic carbocycles. The van der Waals surface area contributed by atoms with Crippen molar-refractivity contribution in [1.29, 1.82) is 0 Å². The summed E-state index contributed by atoms with van der Waals surface area (Å²) in [5.41, 5.74) is 5.20. The highest BCUT2D eigenvalue weighted by molar-refractivity contribution is 5.90. The summed E-state index contributed by atoms with van der Waals surface area (Å²) in [4.78, 5) is 16.0. The summed E-state index contributed by atoms with van der Waals surface area (Å²) in [7, 11) is 0. The molecule has 1 heterocycles. The standard InChI is InChI=1S/C9H14F3N5O/c1-2-3-4-17(5-9(10,11)12)7(18)6-14-8(13)16-15-6/h2-5H2,1H3,(H3,13,14,15,16). The molecule has 0 fully saturated rings. The number of rotatable bonds is 5. The van der Waals surface area contributed by atoms with Crippen LogP contribution in [0.1, 0.15) is 30.4 Å². The van der Waals surface area contributed by atoms with Crippen molar-refractivity contribution >= 4 is 11.9 Å². The van der Waals surface area contributed by atoms with Crippen LogP contribution in [0.2, 0.25) is 0 Å². The Morgan fingerprint density at radius 1 is 1.50 bits per heavy atom. The number of nitrogen functional groups attached to an aromatic ring is 1. The number of carbonyl (C=O) groups is 1. The molecule has 0 aliphatic carbocycles. The second kappa shape index (κ2) is 5.69. The quantitative estimate of drug-likeness (QED) is 0.837. The maximum atomic E-state index is 12.3. The Kier molecular flexibility index (Phi) is 4.51. The van der Waals surface area contributed by atoms with Gasteiger partial charge in [0.2, 0.25) is 11.8 Å². The molecule has 0 saturated carbocycles. The number of H-pyrrole nitrogens is 1. The normalized spacial score (nSPS) is 11.6. The minimum atomic E-state index is -4.45. The van der Waals surface area contributed by atoms with Crippen LogP contribution in [0.4, 0.5) is 19.1 Å². The zero-order valence-electron chi connectivity index (χ0n) is 9.79. The van der Waals surface area contributed by atoms with Crippen molar-refractivity contribution < 1.29 is 18.0 Å². The maximum Gasteiger partial charge on any atom is 0.406 e. The zero-order valence-corrected chi connectivity index (χ0v) is 9.79. The Balaban J connectivity index is 2.78. The van der Waals surface area contributed by atoms with Crippen molar-refractivity contribution in [2.75, 3.05) is 18.8 Å². The van der Waals surface area contributed by atoms with Crippen LogP contribution < -0.4 is 5.73 Å². The van der Waals surface area contributed by atoms with E-state index in [0.29, 0.717) is 17.7 Å². The van der Waals surface area contributed by atoms with E-state index in [1.807, 2.05) is 6.92 Å². The predicted octanol–water partition coefficient (Wildman–Crippen LogP) is 1.19. The first-order valence-electron chi connectivity index (χ1n) is 5.37. The van der Waals surface area contributed by atoms with Crippen LogP contribution in [0.15, 0.2) is 0 Å². The molecule has 9 heteroatoms. The SMILES string of the molecule is CCCCN(CC(F)(F)F)C(=O)c1nc(N)n[nH]1. The lowest BCUT2D eigenvalue weighted by atomic mass is 10.3. The minimum Gasteiger partial charge on any atom is -0.366 e. The number of aromatic amines is 1. The van der Waals surface area contributed by atoms with Gasteiger partial charge >= 0.3 is 6.18 Å². The van der Waals surface area contributed by atoms with E-state index in [0.717, 1.165) is 0 Å². The second-order valence-corrected chi connectivity index (χ2v) is 3.74. The van der Waals surface area contributed by atoms with E-state index in [4.69, 9.17) is 5.73 Å². The number of halogens is 3. The summed E-state index contributed by atoms with van der Waals surface area (Å²) < 4.78 is 37.0. The fourth-order valence-corrected chi connectivity index (χ4v) is 1.34. The van der Waals surface area contributed by atoms with Gasteiger partial charge in [-0.05, 0) is 6.42 Å². The third-order valence-electron chi connectivity index (χ3n) is 2.14. The van der Waals surface area contributed by atoms with Gasteiger partial charge in [-0.2, -0.15) is 18.2 Å². The van der Waals surface area contributed by atoms with E-state index >= 15 is 0 Å². The van der Waals surface area contributed by atoms with Gasteiger partial charge in [0.1, 0.15) is 6.54 Å². The second-order valence-electron chi connectivity index (χ2n) is 3.74. The Morgan fingerprint density at radius 2 is 2.17 bits per heavy atom. The van der Waals surface area contributed by atoms with E-state index in [-0.39, 0.29) is 18.3 Å². The molecule has 0 aliphatic heterocycles. The number of alkyl halides is 3. The monoisotopic (exact) mass is 265 g/mol. The lowest BCUT2D eigenvalue weighted by molar-refractivity contribution is -0.140. The first kappa shape index (κ1) is 14.3. The average Bonchev–Trinajstić information content (AvgIpc) is 2.68. The van der Waals surface area contributed by atoms with E-state index < -0.39 is 18.6 Å². The summed E-state index contributed by atoms with van der Waals surface area (Å²) in [6, 6.07) is 0. The van der Waals surface area contributed by atoms with Gasteiger partial charge in [-0.15, -0.1) is 5.10 Å². The molecule has 1 aromatic rings. The van der Waals surface area contributed by atoms with E-state index in [9.17, 15) is 18.0 Å². The molecule has 0 bridgehead atoms. The highest BCUT2D eigenvalue weighted by Gasteiger charge is 2.33. The molecule has 0 spiro atoms. The summed E-state index contributed by atoms with van der Waals surface area (Å²) in [6.07, 6.45) is -3.29. The van der Waals surface area contributed by atoms with Crippen molar-refractivity contribution in [2.24, 2.45) is 0 Å². The molecule has 0 unspecified atom stereocenters. The molecular formula is C9H14F3N5O. The average molecular weight is 265 g/mol. The Morgan fingerprint density at radius 3 is 2.61 bits per heavy atom. The fraction of sp³-hybridized carbons (Fsp3) is 0.667. The summed E-state index contributed by atoms with van der Waals surface area (Å²) in [6.45, 7) is 0.518. The van der Waals surface area contributed by atoms with Crippen LogP contribution in [-0.2, 0) is 0 Å². The van der Waals surface area contributed by atoms with Crippen LogP contribution in [0, 0.1) is 0 Å². The van der Waals surface area contributed by atoms with Gasteiger partial charge in [-0.25, -0.2) is 0 Å². The van der Waals surface area contributed by atoms with Gasteiger partial charge in [-0.1, -0.05) is 13.3 Å². The summed E-state index contributed by atoms with van der Waals surface area (Å²) >= 11 is 0. The number of unbranched alkanes of at least 4 members (excludes halogenated alkanes) is 1. The highest BCUT2D eigenvalue weighted by Crippen LogP contribution is 2.18. The lowest BCUT2D eigenvalue weighted by Gasteiger charge is -2.22. The van der Waals surface area contributed by atoms with Crippen molar-refractivity contribution in [3.63, 3.8) is 0 Å². The van der Waals surface area contributed by atoms with Gasteiger partial charge in [0.15, 0.2) is 0 Å². The molecule has 0 atom stereocenters. The minimum absolute atomic E-state index is 0.00937. The van der Waals surface area contributed by atoms with Crippen molar-refractivity contribution in [3.8, 4) is 0 Å². The largest absolute Gasteiger partial charge is 0.406 e. The molecule has 3 N–H and O–H groups in total. The molecule has 102 valence electrons. The van der Waals surface area contributed by atoms with E-state index in [1.165, 1.54) is 0 Å². The zero-order chi connectivity index (χ0) is 13.8. The molecule has 1 rings (SSSR count). The van der Waals surface area contributed by atoms with Crippen LogP contribution in [0.5, 0.6) is 0 Å². The molecule has 6 nitrogen and oxygen atoms in total. The van der Waals surface area contributed by atoms with E-state index in [1.54, 1.807) is 0 Å². The molecule has 18 heavy (non-hydrogen) atoms. The van der Waals surface area contributed by atoms with Gasteiger partial charge < -0.3 is 10.6 Å². The van der Waals surface area contributed by atoms with Crippen LogP contribution in [0.3, 0.4) is 0 Å². The molecular weight excluding hydrogens is 251 g/mol. The number of nitrogens with two attached hydrogens (primary N) is 1. The number of aromatic nitrogens is 3. The number of carbonyl (C=O) groups excluding carboxylic acids is 1. The van der Waals surface area contributed by atoms with Crippen molar-refractivity contribution in [3.05, 3.63) is 5.82 Å². The fourth-order valence-electron chi connectivity index (χ4n) is 1.34. The lowest BCUT2D eigenvalue weighted by Crippen LogP contribution is -2.40. The predicted molar refractivity (Wildman–Crippen MR) is 57.7 cm³/mol. The maximum absolute atomic E-state index is 12.3. The topological polar surface area (TPSA) is 87.9 Å². The number of hydrogen-bond donors (Lipinski definition) is 2. The smallest absolute Gasteiger partial charge is 0.366 e. The Labute approximate surface area is 101 Å². The third kappa shape index (κ3) is 4.22. The van der Waals surface area contributed by atoms with Gasteiger partial charge in [0.25, 0.3) is 5.91 Å². The van der Waals surface area contributed by atoms with Crippen molar-refractivity contribution in [1.82, 2.24) is 20.1 Å². The Hall–Kier alpha value is -1.80. The molecule has 1 aromatic heterocycles. The van der Waals surface area contributed by atoms with Gasteiger partial charge in [0.05, 0.1) is 0 Å². The van der Waals surface area contributed by atoms with Crippen LogP contribution >= 0.6 is 0 Å². The van der Waals surface area contributed by atoms with Crippen LogP contribution in [0.25, 0.3) is 0 Å². The molecule has 1 amide bonds. The van der Waals surface area contributed by atoms with E-state index in [2.05, 4.69) is 15.2 Å². The third-order valence-corrected chi connectivity index (χ3v) is 2.14. The molecule has 0 aliphatic rings. The number of anilines is 1. The molecule has 0 saturated heterocycles.